The summed E-state index contributed by atoms with van der Waals surface area (Å²) in [6, 6.07) is 0. The molecule has 5 atom stereocenters. The zero-order valence-corrected chi connectivity index (χ0v) is 13.8. The highest BCUT2D eigenvalue weighted by Crippen LogP contribution is 2.38. The van der Waals surface area contributed by atoms with E-state index in [0.29, 0.717) is 0 Å². The van der Waals surface area contributed by atoms with Crippen molar-refractivity contribution in [2.24, 2.45) is 0 Å². The van der Waals surface area contributed by atoms with E-state index in [4.69, 9.17) is 18.9 Å². The summed E-state index contributed by atoms with van der Waals surface area (Å²) < 4.78 is 19.8. The Morgan fingerprint density at radius 3 is 2.08 bits per heavy atom. The molecule has 0 bridgehead atoms. The standard InChI is InChI=1S/C14H20O11/c1-6(15)22-5-9-14(4-10(18)19,25-8(3)17)12(23-7(2)16)11(20)13(21)24-9/h9,11-13,20-21H,4-5H2,1-3H3,(H,18,19)/t9-,11-,12+,13+,14-/m1/s1. The second-order valence-corrected chi connectivity index (χ2v) is 5.46. The highest BCUT2D eigenvalue weighted by Gasteiger charge is 2.61. The third-order valence-corrected chi connectivity index (χ3v) is 3.42. The van der Waals surface area contributed by atoms with E-state index in [9.17, 15) is 34.5 Å². The smallest absolute Gasteiger partial charge is 0.307 e. The van der Waals surface area contributed by atoms with Gasteiger partial charge < -0.3 is 34.3 Å². The number of ether oxygens (including phenoxy) is 4. The molecule has 1 heterocycles. The topological polar surface area (TPSA) is 166 Å². The first-order chi connectivity index (χ1) is 11.5. The number of carbonyl (C=O) groups is 4. The molecule has 1 aliphatic heterocycles. The van der Waals surface area contributed by atoms with Crippen molar-refractivity contribution in [1.82, 2.24) is 0 Å². The van der Waals surface area contributed by atoms with Gasteiger partial charge in [-0.05, 0) is 0 Å². The second-order valence-electron chi connectivity index (χ2n) is 5.46. The first-order valence-corrected chi connectivity index (χ1v) is 7.23. The van der Waals surface area contributed by atoms with Gasteiger partial charge in [-0.25, -0.2) is 0 Å². The normalized spacial score (nSPS) is 31.7. The monoisotopic (exact) mass is 364 g/mol. The quantitative estimate of drug-likeness (QED) is 0.364. The van der Waals surface area contributed by atoms with Crippen LogP contribution in [0.15, 0.2) is 0 Å². The van der Waals surface area contributed by atoms with Gasteiger partial charge in [-0.3, -0.25) is 19.2 Å². The maximum Gasteiger partial charge on any atom is 0.307 e. The van der Waals surface area contributed by atoms with Gasteiger partial charge in [0, 0.05) is 20.8 Å². The van der Waals surface area contributed by atoms with Crippen molar-refractivity contribution in [1.29, 1.82) is 0 Å². The summed E-state index contributed by atoms with van der Waals surface area (Å²) in [5.74, 6) is -4.11. The third-order valence-electron chi connectivity index (χ3n) is 3.42. The number of carboxylic acid groups (broad SMARTS) is 1. The summed E-state index contributed by atoms with van der Waals surface area (Å²) in [4.78, 5) is 45.3. The molecule has 0 aromatic carbocycles. The van der Waals surface area contributed by atoms with E-state index in [1.54, 1.807) is 0 Å². The van der Waals surface area contributed by atoms with Crippen molar-refractivity contribution in [2.75, 3.05) is 6.61 Å². The fourth-order valence-electron chi connectivity index (χ4n) is 2.59. The Morgan fingerprint density at radius 1 is 1.04 bits per heavy atom. The molecule has 1 aliphatic rings. The summed E-state index contributed by atoms with van der Waals surface area (Å²) in [6.07, 6.45) is -8.03. The number of carboxylic acids is 1. The van der Waals surface area contributed by atoms with E-state index in [1.165, 1.54) is 0 Å². The van der Waals surface area contributed by atoms with Crippen LogP contribution in [-0.4, -0.2) is 76.0 Å². The van der Waals surface area contributed by atoms with E-state index >= 15 is 0 Å². The summed E-state index contributed by atoms with van der Waals surface area (Å²) in [5, 5.41) is 29.1. The van der Waals surface area contributed by atoms with Gasteiger partial charge in [-0.2, -0.15) is 0 Å². The minimum absolute atomic E-state index is 0.614. The molecule has 0 spiro atoms. The zero-order valence-electron chi connectivity index (χ0n) is 13.8. The minimum Gasteiger partial charge on any atom is -0.481 e. The first-order valence-electron chi connectivity index (χ1n) is 7.23. The Morgan fingerprint density at radius 2 is 1.64 bits per heavy atom. The number of carbonyl (C=O) groups excluding carboxylic acids is 3. The van der Waals surface area contributed by atoms with Gasteiger partial charge in [0.05, 0.1) is 6.42 Å². The Kier molecular flexibility index (Phi) is 6.85. The van der Waals surface area contributed by atoms with Gasteiger partial charge >= 0.3 is 23.9 Å². The number of aliphatic hydroxyl groups is 2. The van der Waals surface area contributed by atoms with Crippen molar-refractivity contribution in [3.8, 4) is 0 Å². The Bertz CT molecular complexity index is 527. The average Bonchev–Trinajstić information content (AvgIpc) is 2.44. The van der Waals surface area contributed by atoms with Crippen molar-refractivity contribution in [2.45, 2.75) is 57.4 Å². The Balaban J connectivity index is 3.41. The molecule has 0 aliphatic carbocycles. The molecule has 0 amide bonds. The van der Waals surface area contributed by atoms with Crippen LogP contribution in [0.25, 0.3) is 0 Å². The maximum absolute atomic E-state index is 11.5. The molecule has 11 nitrogen and oxygen atoms in total. The maximum atomic E-state index is 11.5. The molecule has 0 aromatic rings. The lowest BCUT2D eigenvalue weighted by Crippen LogP contribution is -2.70. The van der Waals surface area contributed by atoms with Gasteiger partial charge in [-0.15, -0.1) is 0 Å². The van der Waals surface area contributed by atoms with Crippen LogP contribution in [0.5, 0.6) is 0 Å². The second kappa shape index (κ2) is 8.23. The fraction of sp³-hybridized carbons (Fsp3) is 0.714. The van der Waals surface area contributed by atoms with Crippen LogP contribution in [0.4, 0.5) is 0 Å². The highest BCUT2D eigenvalue weighted by atomic mass is 16.7. The zero-order chi connectivity index (χ0) is 19.4. The molecule has 0 radical (unpaired) electrons. The van der Waals surface area contributed by atoms with E-state index in [2.05, 4.69) is 0 Å². The molecule has 0 saturated carbocycles. The van der Waals surface area contributed by atoms with E-state index < -0.39 is 67.1 Å². The van der Waals surface area contributed by atoms with Crippen LogP contribution < -0.4 is 0 Å². The molecular formula is C14H20O11. The predicted octanol–water partition coefficient (Wildman–Crippen LogP) is -1.66. The van der Waals surface area contributed by atoms with Crippen LogP contribution in [0.3, 0.4) is 0 Å². The molecule has 25 heavy (non-hydrogen) atoms. The van der Waals surface area contributed by atoms with Gasteiger partial charge in [0.15, 0.2) is 18.0 Å². The van der Waals surface area contributed by atoms with Gasteiger partial charge in [-0.1, -0.05) is 0 Å². The number of rotatable bonds is 6. The van der Waals surface area contributed by atoms with Gasteiger partial charge in [0.25, 0.3) is 0 Å². The summed E-state index contributed by atoms with van der Waals surface area (Å²) >= 11 is 0. The predicted molar refractivity (Wildman–Crippen MR) is 75.8 cm³/mol. The van der Waals surface area contributed by atoms with E-state index in [0.717, 1.165) is 20.8 Å². The summed E-state index contributed by atoms with van der Waals surface area (Å²) in [7, 11) is 0. The summed E-state index contributed by atoms with van der Waals surface area (Å²) in [5.41, 5.74) is -2.22. The van der Waals surface area contributed by atoms with Crippen molar-refractivity contribution in [3.05, 3.63) is 0 Å². The lowest BCUT2D eigenvalue weighted by molar-refractivity contribution is -0.325. The largest absolute Gasteiger partial charge is 0.481 e. The van der Waals surface area contributed by atoms with Gasteiger partial charge in [0.1, 0.15) is 18.8 Å². The fourth-order valence-corrected chi connectivity index (χ4v) is 2.59. The van der Waals surface area contributed by atoms with E-state index in [-0.39, 0.29) is 0 Å². The van der Waals surface area contributed by atoms with Crippen LogP contribution in [0.2, 0.25) is 0 Å². The molecule has 1 saturated heterocycles. The lowest BCUT2D eigenvalue weighted by atomic mass is 9.81. The third kappa shape index (κ3) is 5.11. The molecule has 1 fully saturated rings. The molecular weight excluding hydrogens is 344 g/mol. The van der Waals surface area contributed by atoms with Crippen LogP contribution in [0, 0.1) is 0 Å². The molecule has 3 N–H and O–H groups in total. The Hall–Kier alpha value is -2.24. The van der Waals surface area contributed by atoms with Gasteiger partial charge in [0.2, 0.25) is 0 Å². The van der Waals surface area contributed by atoms with Crippen LogP contribution in [-0.2, 0) is 38.1 Å². The highest BCUT2D eigenvalue weighted by molar-refractivity contribution is 5.72. The number of esters is 3. The lowest BCUT2D eigenvalue weighted by Gasteiger charge is -2.49. The first kappa shape index (κ1) is 20.8. The molecule has 0 aromatic heterocycles. The van der Waals surface area contributed by atoms with Crippen molar-refractivity contribution in [3.63, 3.8) is 0 Å². The minimum atomic E-state index is -2.22. The Labute approximate surface area is 142 Å². The number of aliphatic hydroxyl groups excluding tert-OH is 2. The molecule has 0 unspecified atom stereocenters. The molecule has 1 rings (SSSR count). The van der Waals surface area contributed by atoms with Crippen molar-refractivity contribution >= 4 is 23.9 Å². The SMILES string of the molecule is CC(=O)OC[C@H]1O[C@H](O)[C@H](O)[C@H](OC(C)=O)[C@]1(CC(=O)O)OC(C)=O. The average molecular weight is 364 g/mol. The number of aliphatic carboxylic acids is 1. The van der Waals surface area contributed by atoms with Crippen LogP contribution in [0.1, 0.15) is 27.2 Å². The number of hydrogen-bond donors (Lipinski definition) is 3. The van der Waals surface area contributed by atoms with E-state index in [1.807, 2.05) is 0 Å². The number of hydrogen-bond acceptors (Lipinski definition) is 10. The summed E-state index contributed by atoms with van der Waals surface area (Å²) in [6.45, 7) is 2.41. The molecule has 11 heteroatoms. The van der Waals surface area contributed by atoms with Crippen LogP contribution >= 0.6 is 0 Å². The molecule has 142 valence electrons. The van der Waals surface area contributed by atoms with Crippen molar-refractivity contribution < 1.29 is 53.4 Å².